The van der Waals surface area contributed by atoms with E-state index in [1.807, 2.05) is 73.7 Å². The van der Waals surface area contributed by atoms with Gasteiger partial charge >= 0.3 is 0 Å². The van der Waals surface area contributed by atoms with Gasteiger partial charge in [-0.15, -0.1) is 0 Å². The van der Waals surface area contributed by atoms with Crippen LogP contribution in [0.5, 0.6) is 5.75 Å². The Bertz CT molecular complexity index is 1290. The lowest BCUT2D eigenvalue weighted by Gasteiger charge is -2.06. The van der Waals surface area contributed by atoms with Gasteiger partial charge in [0, 0.05) is 16.5 Å². The van der Waals surface area contributed by atoms with Crippen LogP contribution in [0.15, 0.2) is 71.1 Å². The summed E-state index contributed by atoms with van der Waals surface area (Å²) in [5.41, 5.74) is 5.63. The summed E-state index contributed by atoms with van der Waals surface area (Å²) in [7, 11) is 1.66. The van der Waals surface area contributed by atoms with E-state index in [0.717, 1.165) is 39.2 Å². The van der Waals surface area contributed by atoms with Gasteiger partial charge in [0.15, 0.2) is 5.52 Å². The smallest absolute Gasteiger partial charge is 0.249 e. The molecule has 5 rings (SSSR count). The molecule has 0 N–H and O–H groups in total. The number of nitrogens with zero attached hydrogens (tertiary/aromatic N) is 3. The van der Waals surface area contributed by atoms with Crippen LogP contribution < -0.4 is 4.74 Å². The predicted molar refractivity (Wildman–Crippen MR) is 109 cm³/mol. The second-order valence-electron chi connectivity index (χ2n) is 6.56. The highest BCUT2D eigenvalue weighted by Gasteiger charge is 2.16. The molecule has 0 amide bonds. The summed E-state index contributed by atoms with van der Waals surface area (Å²) in [6.07, 6.45) is 0. The first-order chi connectivity index (χ1) is 13.7. The minimum Gasteiger partial charge on any atom is -0.497 e. The van der Waals surface area contributed by atoms with Crippen LogP contribution >= 0.6 is 0 Å². The van der Waals surface area contributed by atoms with Crippen molar-refractivity contribution in [1.29, 1.82) is 0 Å². The zero-order valence-electron chi connectivity index (χ0n) is 15.5. The first-order valence-corrected chi connectivity index (χ1v) is 9.00. The van der Waals surface area contributed by atoms with E-state index < -0.39 is 0 Å². The predicted octanol–water partition coefficient (Wildman–Crippen LogP) is 5.42. The topological polar surface area (TPSA) is 61.0 Å². The van der Waals surface area contributed by atoms with Crippen molar-refractivity contribution >= 4 is 22.1 Å². The van der Waals surface area contributed by atoms with Crippen LogP contribution in [0.2, 0.25) is 0 Å². The number of hydrogen-bond acceptors (Lipinski definition) is 5. The molecule has 0 fully saturated rings. The number of fused-ring (bicyclic) bond motifs is 3. The van der Waals surface area contributed by atoms with Crippen LogP contribution in [0.4, 0.5) is 0 Å². The average Bonchev–Trinajstić information content (AvgIpc) is 3.18. The molecule has 2 aromatic carbocycles. The van der Waals surface area contributed by atoms with Crippen LogP contribution in [-0.4, -0.2) is 22.1 Å². The van der Waals surface area contributed by atoms with Crippen molar-refractivity contribution in [2.75, 3.05) is 7.11 Å². The molecule has 0 saturated heterocycles. The molecule has 0 bridgehead atoms. The summed E-state index contributed by atoms with van der Waals surface area (Å²) < 4.78 is 11.2. The van der Waals surface area contributed by atoms with E-state index >= 15 is 0 Å². The fraction of sp³-hybridized carbons (Fsp3) is 0.0870. The number of hydrogen-bond donors (Lipinski definition) is 0. The molecule has 0 aliphatic rings. The molecule has 0 aliphatic heterocycles. The van der Waals surface area contributed by atoms with Crippen LogP contribution in [0.25, 0.3) is 44.8 Å². The Hall–Kier alpha value is -3.73. The number of pyridine rings is 2. The maximum absolute atomic E-state index is 5.94. The number of ether oxygens (including phenoxy) is 1. The third-order valence-electron chi connectivity index (χ3n) is 4.79. The number of aromatic nitrogens is 3. The molecule has 5 heteroatoms. The van der Waals surface area contributed by atoms with Crippen molar-refractivity contribution in [3.63, 3.8) is 0 Å². The second-order valence-corrected chi connectivity index (χ2v) is 6.56. The monoisotopic (exact) mass is 367 g/mol. The summed E-state index contributed by atoms with van der Waals surface area (Å²) in [6, 6.07) is 21.7. The zero-order chi connectivity index (χ0) is 19.1. The van der Waals surface area contributed by atoms with Gasteiger partial charge in [0.05, 0.1) is 18.5 Å². The quantitative estimate of drug-likeness (QED) is 0.426. The Balaban J connectivity index is 1.72. The minimum atomic E-state index is 0.503. The van der Waals surface area contributed by atoms with E-state index in [4.69, 9.17) is 19.1 Å². The standard InChI is InChI=1S/C23H17N3O2/c1-14-18-12-13-19(15-8-10-17(27-2)11-9-15)25-20(18)21-23(24-14)28-22(26-21)16-6-4-3-5-7-16/h3-13H,1-2H3. The molecule has 0 radical (unpaired) electrons. The van der Waals surface area contributed by atoms with Crippen LogP contribution in [0, 0.1) is 6.92 Å². The largest absolute Gasteiger partial charge is 0.497 e. The van der Waals surface area contributed by atoms with Crippen LogP contribution in [0.1, 0.15) is 5.69 Å². The fourth-order valence-corrected chi connectivity index (χ4v) is 3.31. The number of aryl methyl sites for hydroxylation is 1. The van der Waals surface area contributed by atoms with Gasteiger partial charge in [-0.25, -0.2) is 15.0 Å². The highest BCUT2D eigenvalue weighted by molar-refractivity contribution is 6.01. The molecule has 5 aromatic rings. The number of benzene rings is 2. The summed E-state index contributed by atoms with van der Waals surface area (Å²) in [5, 5.41) is 0.970. The Morgan fingerprint density at radius 1 is 0.750 bits per heavy atom. The molecule has 28 heavy (non-hydrogen) atoms. The molecule has 0 aliphatic carbocycles. The molecule has 0 spiro atoms. The highest BCUT2D eigenvalue weighted by Crippen LogP contribution is 2.31. The third kappa shape index (κ3) is 2.68. The van der Waals surface area contributed by atoms with Crippen molar-refractivity contribution in [1.82, 2.24) is 15.0 Å². The van der Waals surface area contributed by atoms with Crippen LogP contribution in [0.3, 0.4) is 0 Å². The molecule has 0 atom stereocenters. The SMILES string of the molecule is COc1ccc(-c2ccc3c(C)nc4oc(-c5ccccc5)nc4c3n2)cc1. The first-order valence-electron chi connectivity index (χ1n) is 9.00. The van der Waals surface area contributed by atoms with Crippen molar-refractivity contribution < 1.29 is 9.15 Å². The second kappa shape index (κ2) is 6.46. The Morgan fingerprint density at radius 2 is 1.54 bits per heavy atom. The maximum Gasteiger partial charge on any atom is 0.249 e. The normalized spacial score (nSPS) is 11.2. The lowest BCUT2D eigenvalue weighted by molar-refractivity contribution is 0.415. The van der Waals surface area contributed by atoms with E-state index in [1.165, 1.54) is 0 Å². The van der Waals surface area contributed by atoms with Gasteiger partial charge < -0.3 is 9.15 Å². The van der Waals surface area contributed by atoms with Crippen molar-refractivity contribution in [3.05, 3.63) is 72.4 Å². The van der Waals surface area contributed by atoms with Gasteiger partial charge in [0.1, 0.15) is 11.3 Å². The van der Waals surface area contributed by atoms with Gasteiger partial charge in [-0.3, -0.25) is 0 Å². The lowest BCUT2D eigenvalue weighted by Crippen LogP contribution is -1.92. The molecule has 136 valence electrons. The summed E-state index contributed by atoms with van der Waals surface area (Å²) in [5.74, 6) is 1.36. The zero-order valence-corrected chi connectivity index (χ0v) is 15.5. The highest BCUT2D eigenvalue weighted by atomic mass is 16.5. The van der Waals surface area contributed by atoms with Gasteiger partial charge in [-0.1, -0.05) is 18.2 Å². The Labute approximate surface area is 161 Å². The first kappa shape index (κ1) is 16.4. The Kier molecular flexibility index (Phi) is 3.79. The summed E-state index contributed by atoms with van der Waals surface area (Å²) >= 11 is 0. The molecule has 0 unspecified atom stereocenters. The molecule has 0 saturated carbocycles. The fourth-order valence-electron chi connectivity index (χ4n) is 3.31. The van der Waals surface area contributed by atoms with Gasteiger partial charge in [0.25, 0.3) is 0 Å². The van der Waals surface area contributed by atoms with E-state index in [1.54, 1.807) is 7.11 Å². The number of rotatable bonds is 3. The van der Waals surface area contributed by atoms with Crippen molar-refractivity contribution in [2.24, 2.45) is 0 Å². The third-order valence-corrected chi connectivity index (χ3v) is 4.79. The minimum absolute atomic E-state index is 0.503. The van der Waals surface area contributed by atoms with Gasteiger partial charge in [-0.2, -0.15) is 0 Å². The van der Waals surface area contributed by atoms with Gasteiger partial charge in [-0.05, 0) is 55.5 Å². The number of methoxy groups -OCH3 is 1. The molecular formula is C23H17N3O2. The van der Waals surface area contributed by atoms with E-state index in [-0.39, 0.29) is 0 Å². The van der Waals surface area contributed by atoms with Crippen molar-refractivity contribution in [3.8, 4) is 28.5 Å². The number of oxazole rings is 1. The van der Waals surface area contributed by atoms with Crippen molar-refractivity contribution in [2.45, 2.75) is 6.92 Å². The van der Waals surface area contributed by atoms with E-state index in [0.29, 0.717) is 17.1 Å². The maximum atomic E-state index is 5.94. The molecular weight excluding hydrogens is 350 g/mol. The van der Waals surface area contributed by atoms with E-state index in [9.17, 15) is 0 Å². The average molecular weight is 367 g/mol. The molecule has 3 heterocycles. The Morgan fingerprint density at radius 3 is 2.29 bits per heavy atom. The van der Waals surface area contributed by atoms with Gasteiger partial charge in [0.2, 0.25) is 11.6 Å². The summed E-state index contributed by atoms with van der Waals surface area (Å²) in [6.45, 7) is 1.96. The molecule has 5 nitrogen and oxygen atoms in total. The van der Waals surface area contributed by atoms with Crippen LogP contribution in [-0.2, 0) is 0 Å². The molecule has 3 aromatic heterocycles. The summed E-state index contributed by atoms with van der Waals surface area (Å²) in [4.78, 5) is 14.2. The van der Waals surface area contributed by atoms with E-state index in [2.05, 4.69) is 4.98 Å². The lowest BCUT2D eigenvalue weighted by atomic mass is 10.1.